The SMILES string of the molecule is C=CCOc1ccc(C[NH+](C)Cn2nc(Cc3ccccc3)n(C)c2=S)cc1. The lowest BCUT2D eigenvalue weighted by Gasteiger charge is -2.14. The fourth-order valence-electron chi connectivity index (χ4n) is 3.09. The Morgan fingerprint density at radius 3 is 2.50 bits per heavy atom. The maximum atomic E-state index is 5.60. The van der Waals surface area contributed by atoms with Gasteiger partial charge in [0.1, 0.15) is 24.7 Å². The molecule has 0 aliphatic carbocycles. The molecular weight excluding hydrogens is 368 g/mol. The van der Waals surface area contributed by atoms with Crippen molar-refractivity contribution in [1.29, 1.82) is 0 Å². The van der Waals surface area contributed by atoms with Crippen molar-refractivity contribution in [3.63, 3.8) is 0 Å². The number of quaternary nitrogens is 1. The summed E-state index contributed by atoms with van der Waals surface area (Å²) in [6.07, 6.45) is 2.52. The quantitative estimate of drug-likeness (QED) is 0.447. The molecule has 3 rings (SSSR count). The monoisotopic (exact) mass is 395 g/mol. The minimum absolute atomic E-state index is 0.522. The molecule has 0 aliphatic heterocycles. The molecule has 0 bridgehead atoms. The number of benzene rings is 2. The largest absolute Gasteiger partial charge is 0.490 e. The molecule has 1 N–H and O–H groups in total. The minimum atomic E-state index is 0.522. The molecule has 0 fully saturated rings. The summed E-state index contributed by atoms with van der Waals surface area (Å²) < 4.78 is 10.2. The molecule has 1 aromatic heterocycles. The lowest BCUT2D eigenvalue weighted by molar-refractivity contribution is -0.917. The second-order valence-corrected chi connectivity index (χ2v) is 7.32. The fourth-order valence-corrected chi connectivity index (χ4v) is 3.30. The Bertz CT molecular complexity index is 960. The highest BCUT2D eigenvalue weighted by molar-refractivity contribution is 7.71. The lowest BCUT2D eigenvalue weighted by atomic mass is 10.1. The van der Waals surface area contributed by atoms with Gasteiger partial charge < -0.3 is 14.2 Å². The predicted molar refractivity (Wildman–Crippen MR) is 114 cm³/mol. The van der Waals surface area contributed by atoms with Crippen LogP contribution in [0.25, 0.3) is 0 Å². The van der Waals surface area contributed by atoms with Crippen molar-refractivity contribution >= 4 is 12.2 Å². The van der Waals surface area contributed by atoms with Gasteiger partial charge in [0.05, 0.1) is 7.05 Å². The van der Waals surface area contributed by atoms with Gasteiger partial charge in [0, 0.05) is 19.0 Å². The molecule has 2 aromatic carbocycles. The average molecular weight is 396 g/mol. The van der Waals surface area contributed by atoms with Gasteiger partial charge in [-0.2, -0.15) is 9.78 Å². The van der Waals surface area contributed by atoms with Gasteiger partial charge in [0.2, 0.25) is 4.77 Å². The molecule has 1 unspecified atom stereocenters. The second kappa shape index (κ2) is 9.48. The lowest BCUT2D eigenvalue weighted by Crippen LogP contribution is -3.07. The number of hydrogen-bond acceptors (Lipinski definition) is 3. The topological polar surface area (TPSA) is 36.4 Å². The van der Waals surface area contributed by atoms with Gasteiger partial charge in [-0.3, -0.25) is 0 Å². The molecule has 5 nitrogen and oxygen atoms in total. The summed E-state index contributed by atoms with van der Waals surface area (Å²) in [4.78, 5) is 1.31. The van der Waals surface area contributed by atoms with Crippen LogP contribution in [0.1, 0.15) is 17.0 Å². The van der Waals surface area contributed by atoms with E-state index in [-0.39, 0.29) is 0 Å². The number of hydrogen-bond donors (Lipinski definition) is 1. The van der Waals surface area contributed by atoms with Crippen LogP contribution in [-0.4, -0.2) is 28.0 Å². The van der Waals surface area contributed by atoms with Crippen LogP contribution in [0.4, 0.5) is 0 Å². The van der Waals surface area contributed by atoms with Gasteiger partial charge in [0.25, 0.3) is 0 Å². The van der Waals surface area contributed by atoms with Crippen LogP contribution < -0.4 is 9.64 Å². The molecule has 0 spiro atoms. The molecule has 3 aromatic rings. The van der Waals surface area contributed by atoms with E-state index in [1.807, 2.05) is 46.6 Å². The van der Waals surface area contributed by atoms with E-state index in [0.717, 1.165) is 36.0 Å². The normalized spacial score (nSPS) is 11.9. The third-order valence-corrected chi connectivity index (χ3v) is 5.04. The standard InChI is InChI=1S/C22H26N4OS/c1-4-14-27-20-12-10-19(11-13-20)16-24(2)17-26-22(28)25(3)21(23-26)15-18-8-6-5-7-9-18/h4-13H,1,14-17H2,2-3H3/p+1. The van der Waals surface area contributed by atoms with Gasteiger partial charge in [0.15, 0.2) is 6.67 Å². The van der Waals surface area contributed by atoms with E-state index >= 15 is 0 Å². The third-order valence-electron chi connectivity index (χ3n) is 4.55. The Morgan fingerprint density at radius 2 is 1.82 bits per heavy atom. The molecule has 0 saturated carbocycles. The molecular formula is C22H27N4OS+. The van der Waals surface area contributed by atoms with Crippen LogP contribution >= 0.6 is 12.2 Å². The molecule has 0 saturated heterocycles. The van der Waals surface area contributed by atoms with Crippen molar-refractivity contribution in [3.8, 4) is 5.75 Å². The van der Waals surface area contributed by atoms with Gasteiger partial charge >= 0.3 is 0 Å². The Balaban J connectivity index is 1.63. The van der Waals surface area contributed by atoms with Crippen molar-refractivity contribution in [2.45, 2.75) is 19.6 Å². The van der Waals surface area contributed by atoms with E-state index in [4.69, 9.17) is 22.1 Å². The summed E-state index contributed by atoms with van der Waals surface area (Å²) >= 11 is 5.60. The fraction of sp³-hybridized carbons (Fsp3) is 0.273. The molecule has 0 amide bonds. The Hall–Kier alpha value is -2.70. The summed E-state index contributed by atoms with van der Waals surface area (Å²) in [5.41, 5.74) is 2.48. The summed E-state index contributed by atoms with van der Waals surface area (Å²) in [5, 5.41) is 4.76. The average Bonchev–Trinajstić information content (AvgIpc) is 2.96. The van der Waals surface area contributed by atoms with E-state index in [1.165, 1.54) is 16.0 Å². The second-order valence-electron chi connectivity index (χ2n) is 6.96. The van der Waals surface area contributed by atoms with E-state index < -0.39 is 0 Å². The smallest absolute Gasteiger partial charge is 0.202 e. The highest BCUT2D eigenvalue weighted by Crippen LogP contribution is 2.11. The molecule has 146 valence electrons. The summed E-state index contributed by atoms with van der Waals surface area (Å²) in [5.74, 6) is 1.84. The number of nitrogens with zero attached hydrogens (tertiary/aromatic N) is 3. The maximum Gasteiger partial charge on any atom is 0.202 e. The van der Waals surface area contributed by atoms with Crippen LogP contribution in [0.3, 0.4) is 0 Å². The van der Waals surface area contributed by atoms with Gasteiger partial charge in [-0.15, -0.1) is 0 Å². The van der Waals surface area contributed by atoms with Gasteiger partial charge in [-0.25, -0.2) is 0 Å². The van der Waals surface area contributed by atoms with Crippen LogP contribution in [0.2, 0.25) is 0 Å². The highest BCUT2D eigenvalue weighted by Gasteiger charge is 2.12. The van der Waals surface area contributed by atoms with Crippen LogP contribution in [0.5, 0.6) is 5.75 Å². The number of rotatable bonds is 9. The third kappa shape index (κ3) is 5.18. The molecule has 1 heterocycles. The van der Waals surface area contributed by atoms with Gasteiger partial charge in [-0.05, 0) is 42.0 Å². The van der Waals surface area contributed by atoms with Crippen molar-refractivity contribution in [2.75, 3.05) is 13.7 Å². The molecule has 6 heteroatoms. The Morgan fingerprint density at radius 1 is 1.11 bits per heavy atom. The van der Waals surface area contributed by atoms with Crippen LogP contribution in [0.15, 0.2) is 67.3 Å². The summed E-state index contributed by atoms with van der Waals surface area (Å²) in [6, 6.07) is 18.5. The minimum Gasteiger partial charge on any atom is -0.490 e. The maximum absolute atomic E-state index is 5.60. The first-order chi connectivity index (χ1) is 13.6. The molecule has 0 aliphatic rings. The van der Waals surface area contributed by atoms with E-state index in [0.29, 0.717) is 6.61 Å². The van der Waals surface area contributed by atoms with E-state index in [1.54, 1.807) is 6.08 Å². The van der Waals surface area contributed by atoms with E-state index in [2.05, 4.69) is 37.9 Å². The van der Waals surface area contributed by atoms with Crippen molar-refractivity contribution in [1.82, 2.24) is 14.3 Å². The zero-order valence-corrected chi connectivity index (χ0v) is 17.3. The Kier molecular flexibility index (Phi) is 6.79. The van der Waals surface area contributed by atoms with Gasteiger partial charge in [-0.1, -0.05) is 43.0 Å². The summed E-state index contributed by atoms with van der Waals surface area (Å²) in [7, 11) is 4.14. The first-order valence-electron chi connectivity index (χ1n) is 9.37. The summed E-state index contributed by atoms with van der Waals surface area (Å²) in [6.45, 7) is 5.79. The number of aromatic nitrogens is 3. The first kappa shape index (κ1) is 20.0. The van der Waals surface area contributed by atoms with Crippen molar-refractivity contribution in [3.05, 3.63) is 89.0 Å². The molecule has 1 atom stereocenters. The van der Waals surface area contributed by atoms with Crippen LogP contribution in [-0.2, 0) is 26.7 Å². The van der Waals surface area contributed by atoms with Crippen LogP contribution in [0, 0.1) is 4.77 Å². The molecule has 0 radical (unpaired) electrons. The van der Waals surface area contributed by atoms with Crippen molar-refractivity contribution < 1.29 is 9.64 Å². The zero-order chi connectivity index (χ0) is 19.9. The number of nitrogens with one attached hydrogen (secondary N) is 1. The van der Waals surface area contributed by atoms with E-state index in [9.17, 15) is 0 Å². The zero-order valence-electron chi connectivity index (χ0n) is 16.5. The first-order valence-corrected chi connectivity index (χ1v) is 9.78. The van der Waals surface area contributed by atoms with Crippen molar-refractivity contribution in [2.24, 2.45) is 7.05 Å². The predicted octanol–water partition coefficient (Wildman–Crippen LogP) is 2.78. The Labute approximate surface area is 171 Å². The highest BCUT2D eigenvalue weighted by atomic mass is 32.1. The number of ether oxygens (including phenoxy) is 1. The molecule has 28 heavy (non-hydrogen) atoms.